The molecule has 0 radical (unpaired) electrons. The Morgan fingerprint density at radius 1 is 1.25 bits per heavy atom. The summed E-state index contributed by atoms with van der Waals surface area (Å²) in [5, 5.41) is 11.7. The fourth-order valence-electron chi connectivity index (χ4n) is 1.69. The molecule has 0 aliphatic carbocycles. The Morgan fingerprint density at radius 2 is 1.90 bits per heavy atom. The summed E-state index contributed by atoms with van der Waals surface area (Å²) in [5.74, 6) is -0.787. The Labute approximate surface area is 117 Å². The number of hydrogen-bond donors (Lipinski definition) is 2. The number of hydrogen-bond acceptors (Lipinski definition) is 4. The summed E-state index contributed by atoms with van der Waals surface area (Å²) in [6, 6.07) is 5.49. The van der Waals surface area contributed by atoms with Crippen LogP contribution in [0.5, 0.6) is 5.75 Å². The molecule has 2 N–H and O–H groups in total. The lowest BCUT2D eigenvalue weighted by Crippen LogP contribution is -2.33. The maximum Gasteiger partial charge on any atom is 0.330 e. The van der Waals surface area contributed by atoms with Crippen molar-refractivity contribution in [3.63, 3.8) is 0 Å². The zero-order valence-electron chi connectivity index (χ0n) is 11.6. The van der Waals surface area contributed by atoms with E-state index in [0.29, 0.717) is 24.3 Å². The molecule has 1 aromatic carbocycles. The van der Waals surface area contributed by atoms with Gasteiger partial charge in [-0.15, -0.1) is 0 Å². The van der Waals surface area contributed by atoms with Gasteiger partial charge >= 0.3 is 5.97 Å². The maximum atomic E-state index is 11.7. The molecular weight excluding hydrogens is 262 g/mol. The van der Waals surface area contributed by atoms with E-state index in [1.807, 2.05) is 0 Å². The van der Waals surface area contributed by atoms with Crippen LogP contribution in [0, 0.1) is 0 Å². The first-order valence-electron chi connectivity index (χ1n) is 6.23. The van der Waals surface area contributed by atoms with E-state index < -0.39 is 12.0 Å². The third kappa shape index (κ3) is 4.89. The molecule has 110 valence electrons. The zero-order valence-corrected chi connectivity index (χ0v) is 11.6. The molecule has 1 amide bonds. The van der Waals surface area contributed by atoms with E-state index >= 15 is 0 Å². The number of ether oxygens (including phenoxy) is 2. The van der Waals surface area contributed by atoms with Gasteiger partial charge in [-0.1, -0.05) is 12.1 Å². The van der Waals surface area contributed by atoms with Gasteiger partial charge < -0.3 is 19.9 Å². The summed E-state index contributed by atoms with van der Waals surface area (Å²) in [6.07, 6.45) is 0.783. The molecule has 20 heavy (non-hydrogen) atoms. The van der Waals surface area contributed by atoms with Gasteiger partial charge in [-0.3, -0.25) is 4.79 Å². The van der Waals surface area contributed by atoms with Crippen molar-refractivity contribution in [1.29, 1.82) is 0 Å². The largest absolute Gasteiger partial charge is 0.497 e. The van der Waals surface area contributed by atoms with Gasteiger partial charge in [-0.05, 0) is 24.1 Å². The van der Waals surface area contributed by atoms with Crippen molar-refractivity contribution in [2.75, 3.05) is 20.8 Å². The second-order valence-corrected chi connectivity index (χ2v) is 4.21. The van der Waals surface area contributed by atoms with Crippen LogP contribution in [-0.4, -0.2) is 37.8 Å². The third-order valence-electron chi connectivity index (χ3n) is 2.75. The lowest BCUT2D eigenvalue weighted by molar-refractivity contribution is -0.142. The highest BCUT2D eigenvalue weighted by molar-refractivity contribution is 5.84. The molecule has 0 aliphatic rings. The number of benzene rings is 1. The number of methoxy groups -OCH3 is 2. The Balaban J connectivity index is 2.68. The fraction of sp³-hybridized carbons (Fsp3) is 0.429. The van der Waals surface area contributed by atoms with Gasteiger partial charge in [0.05, 0.1) is 7.11 Å². The van der Waals surface area contributed by atoms with Crippen LogP contribution >= 0.6 is 0 Å². The smallest absolute Gasteiger partial charge is 0.330 e. The normalized spacial score (nSPS) is 11.7. The van der Waals surface area contributed by atoms with E-state index in [4.69, 9.17) is 9.47 Å². The van der Waals surface area contributed by atoms with Crippen molar-refractivity contribution < 1.29 is 24.2 Å². The molecule has 1 unspecified atom stereocenters. The first kappa shape index (κ1) is 16.0. The summed E-state index contributed by atoms with van der Waals surface area (Å²) >= 11 is 0. The minimum absolute atomic E-state index is 0.230. The lowest BCUT2D eigenvalue weighted by Gasteiger charge is -2.15. The van der Waals surface area contributed by atoms with Gasteiger partial charge in [0.15, 0.2) is 6.04 Å². The highest BCUT2D eigenvalue weighted by Crippen LogP contribution is 2.18. The molecule has 1 atom stereocenters. The van der Waals surface area contributed by atoms with E-state index in [1.54, 1.807) is 31.4 Å². The third-order valence-corrected chi connectivity index (χ3v) is 2.75. The van der Waals surface area contributed by atoms with Crippen molar-refractivity contribution in [3.8, 4) is 5.75 Å². The number of nitrogens with one attached hydrogen (secondary N) is 1. The Hall–Kier alpha value is -2.08. The summed E-state index contributed by atoms with van der Waals surface area (Å²) in [4.78, 5) is 22.9. The topological polar surface area (TPSA) is 84.9 Å². The molecule has 1 aromatic rings. The van der Waals surface area contributed by atoms with Crippen LogP contribution in [-0.2, 0) is 14.3 Å². The molecular formula is C14H19NO5. The van der Waals surface area contributed by atoms with Crippen LogP contribution in [0.25, 0.3) is 0 Å². The van der Waals surface area contributed by atoms with E-state index in [9.17, 15) is 14.7 Å². The Kier molecular flexibility index (Phi) is 6.52. The van der Waals surface area contributed by atoms with Crippen molar-refractivity contribution in [1.82, 2.24) is 5.32 Å². The molecule has 0 heterocycles. The number of carboxylic acid groups (broad SMARTS) is 1. The number of carbonyl (C=O) groups is 2. The molecule has 0 bridgehead atoms. The molecule has 6 heteroatoms. The summed E-state index contributed by atoms with van der Waals surface area (Å²) < 4.78 is 9.85. The molecule has 0 aliphatic heterocycles. The Morgan fingerprint density at radius 3 is 2.40 bits per heavy atom. The van der Waals surface area contributed by atoms with Crippen molar-refractivity contribution in [2.24, 2.45) is 0 Å². The SMILES string of the molecule is COCCCC(=O)NC(C(=O)O)c1ccc(OC)cc1. The molecule has 0 aromatic heterocycles. The quantitative estimate of drug-likeness (QED) is 0.703. The van der Waals surface area contributed by atoms with Gasteiger partial charge in [0.2, 0.25) is 5.91 Å². The summed E-state index contributed by atoms with van der Waals surface area (Å²) in [7, 11) is 3.08. The number of carbonyl (C=O) groups excluding carboxylic acids is 1. The number of carboxylic acids is 1. The molecule has 0 saturated carbocycles. The predicted molar refractivity (Wildman–Crippen MR) is 72.6 cm³/mol. The second kappa shape index (κ2) is 8.16. The first-order chi connectivity index (χ1) is 9.58. The highest BCUT2D eigenvalue weighted by atomic mass is 16.5. The second-order valence-electron chi connectivity index (χ2n) is 4.21. The van der Waals surface area contributed by atoms with Crippen molar-refractivity contribution in [2.45, 2.75) is 18.9 Å². The molecule has 0 spiro atoms. The van der Waals surface area contributed by atoms with E-state index in [-0.39, 0.29) is 12.3 Å². The predicted octanol–water partition coefficient (Wildman–Crippen LogP) is 1.36. The van der Waals surface area contributed by atoms with Crippen molar-refractivity contribution in [3.05, 3.63) is 29.8 Å². The van der Waals surface area contributed by atoms with Gasteiger partial charge in [0, 0.05) is 20.1 Å². The van der Waals surface area contributed by atoms with Gasteiger partial charge in [0.25, 0.3) is 0 Å². The van der Waals surface area contributed by atoms with Crippen LogP contribution < -0.4 is 10.1 Å². The van der Waals surface area contributed by atoms with Crippen LogP contribution in [0.4, 0.5) is 0 Å². The van der Waals surface area contributed by atoms with Crippen LogP contribution in [0.2, 0.25) is 0 Å². The minimum Gasteiger partial charge on any atom is -0.497 e. The van der Waals surface area contributed by atoms with Gasteiger partial charge in [-0.2, -0.15) is 0 Å². The minimum atomic E-state index is -1.10. The monoisotopic (exact) mass is 281 g/mol. The fourth-order valence-corrected chi connectivity index (χ4v) is 1.69. The average Bonchev–Trinajstić information content (AvgIpc) is 2.45. The lowest BCUT2D eigenvalue weighted by atomic mass is 10.1. The average molecular weight is 281 g/mol. The molecule has 0 saturated heterocycles. The van der Waals surface area contributed by atoms with E-state index in [2.05, 4.69) is 5.32 Å². The number of amides is 1. The molecule has 1 rings (SSSR count). The van der Waals surface area contributed by atoms with E-state index in [0.717, 1.165) is 0 Å². The number of rotatable bonds is 8. The molecule has 0 fully saturated rings. The number of aliphatic carboxylic acids is 1. The van der Waals surface area contributed by atoms with Crippen LogP contribution in [0.3, 0.4) is 0 Å². The van der Waals surface area contributed by atoms with Crippen molar-refractivity contribution >= 4 is 11.9 Å². The highest BCUT2D eigenvalue weighted by Gasteiger charge is 2.21. The molecule has 6 nitrogen and oxygen atoms in total. The summed E-state index contributed by atoms with van der Waals surface area (Å²) in [6.45, 7) is 0.466. The Bertz CT molecular complexity index is 443. The van der Waals surface area contributed by atoms with Crippen LogP contribution in [0.15, 0.2) is 24.3 Å². The van der Waals surface area contributed by atoms with E-state index in [1.165, 1.54) is 7.11 Å². The van der Waals surface area contributed by atoms with Crippen LogP contribution in [0.1, 0.15) is 24.4 Å². The standard InChI is InChI=1S/C14H19NO5/c1-19-9-3-4-12(16)15-13(14(17)18)10-5-7-11(20-2)8-6-10/h5-8,13H,3-4,9H2,1-2H3,(H,15,16)(H,17,18). The summed E-state index contributed by atoms with van der Waals surface area (Å²) in [5.41, 5.74) is 0.499. The zero-order chi connectivity index (χ0) is 15.0. The van der Waals surface area contributed by atoms with Gasteiger partial charge in [0.1, 0.15) is 5.75 Å². The van der Waals surface area contributed by atoms with Gasteiger partial charge in [-0.25, -0.2) is 4.79 Å². The maximum absolute atomic E-state index is 11.7. The first-order valence-corrected chi connectivity index (χ1v) is 6.23.